The van der Waals surface area contributed by atoms with Crippen molar-refractivity contribution in [2.24, 2.45) is 5.92 Å². The van der Waals surface area contributed by atoms with Crippen molar-refractivity contribution < 1.29 is 32.7 Å². The summed E-state index contributed by atoms with van der Waals surface area (Å²) in [4.78, 5) is 2.46. The van der Waals surface area contributed by atoms with Gasteiger partial charge in [0.25, 0.3) is 0 Å². The SMILES string of the molecule is [Y].[c-]1ccccc1-c1[c-]cc(CC2=CN3CCC2C3)cc1. The van der Waals surface area contributed by atoms with E-state index in [-0.39, 0.29) is 32.7 Å². The van der Waals surface area contributed by atoms with Crippen LogP contribution in [0.5, 0.6) is 0 Å². The summed E-state index contributed by atoms with van der Waals surface area (Å²) in [6.45, 7) is 2.50. The molecule has 1 radical (unpaired) electrons. The molecule has 1 nitrogen and oxygen atoms in total. The van der Waals surface area contributed by atoms with Gasteiger partial charge in [-0.3, -0.25) is 0 Å². The van der Waals surface area contributed by atoms with Gasteiger partial charge in [0.2, 0.25) is 0 Å². The van der Waals surface area contributed by atoms with Crippen LogP contribution in [0, 0.1) is 18.1 Å². The van der Waals surface area contributed by atoms with E-state index >= 15 is 0 Å². The van der Waals surface area contributed by atoms with Crippen LogP contribution in [0.2, 0.25) is 0 Å². The molecule has 4 rings (SSSR count). The molecule has 1 saturated heterocycles. The molecule has 2 aromatic carbocycles. The molecule has 2 bridgehead atoms. The molecule has 2 heterocycles. The molecule has 1 unspecified atom stereocenters. The molecule has 2 aliphatic rings. The summed E-state index contributed by atoms with van der Waals surface area (Å²) in [5.41, 5.74) is 5.21. The van der Waals surface area contributed by atoms with Crippen molar-refractivity contribution in [3.05, 3.63) is 71.9 Å². The average molecular weight is 348 g/mol. The summed E-state index contributed by atoms with van der Waals surface area (Å²) in [5.74, 6) is 0.803. The standard InChI is InChI=1S/C19H17N.Y/c1-2-4-16(5-3-1)17-8-6-15(7-9-17)12-19-14-20-11-10-18(19)13-20;/h1-4,6-8,14,18H,10-13H2;/q-2;. The first kappa shape index (κ1) is 15.0. The molecule has 1 atom stereocenters. The maximum atomic E-state index is 3.40. The van der Waals surface area contributed by atoms with E-state index in [0.717, 1.165) is 23.5 Å². The quantitative estimate of drug-likeness (QED) is 0.765. The molecule has 0 saturated carbocycles. The maximum absolute atomic E-state index is 3.40. The van der Waals surface area contributed by atoms with Gasteiger partial charge in [0.15, 0.2) is 0 Å². The van der Waals surface area contributed by atoms with E-state index in [2.05, 4.69) is 47.5 Å². The predicted octanol–water partition coefficient (Wildman–Crippen LogP) is 3.71. The number of nitrogens with zero attached hydrogens (tertiary/aromatic N) is 1. The van der Waals surface area contributed by atoms with E-state index in [1.54, 1.807) is 5.57 Å². The van der Waals surface area contributed by atoms with Gasteiger partial charge in [-0.05, 0) is 19.0 Å². The molecular weight excluding hydrogens is 331 g/mol. The van der Waals surface area contributed by atoms with E-state index < -0.39 is 0 Å². The van der Waals surface area contributed by atoms with Gasteiger partial charge in [0.05, 0.1) is 0 Å². The van der Waals surface area contributed by atoms with Crippen molar-refractivity contribution in [2.45, 2.75) is 12.8 Å². The first-order valence-corrected chi connectivity index (χ1v) is 7.31. The van der Waals surface area contributed by atoms with Crippen LogP contribution in [-0.2, 0) is 39.1 Å². The zero-order chi connectivity index (χ0) is 13.4. The molecule has 0 aromatic heterocycles. The molecular formula is C19H17NY-2. The van der Waals surface area contributed by atoms with Gasteiger partial charge in [-0.15, -0.1) is 11.6 Å². The van der Waals surface area contributed by atoms with Crippen LogP contribution >= 0.6 is 0 Å². The number of hydrogen-bond donors (Lipinski definition) is 0. The minimum atomic E-state index is 0. The Morgan fingerprint density at radius 2 is 2.00 bits per heavy atom. The normalized spacial score (nSPS) is 19.3. The van der Waals surface area contributed by atoms with Crippen LogP contribution in [0.25, 0.3) is 11.1 Å². The largest absolute Gasteiger partial charge is 0.377 e. The molecule has 103 valence electrons. The van der Waals surface area contributed by atoms with Gasteiger partial charge >= 0.3 is 0 Å². The van der Waals surface area contributed by atoms with Gasteiger partial charge < -0.3 is 4.90 Å². The van der Waals surface area contributed by atoms with Gasteiger partial charge in [-0.1, -0.05) is 5.57 Å². The summed E-state index contributed by atoms with van der Waals surface area (Å²) < 4.78 is 0. The smallest absolute Gasteiger partial charge is 0.0239 e. The van der Waals surface area contributed by atoms with Crippen molar-refractivity contribution in [1.29, 1.82) is 0 Å². The van der Waals surface area contributed by atoms with Crippen LogP contribution in [0.4, 0.5) is 0 Å². The van der Waals surface area contributed by atoms with E-state index in [4.69, 9.17) is 0 Å². The van der Waals surface area contributed by atoms with Gasteiger partial charge in [-0.2, -0.15) is 48.5 Å². The summed E-state index contributed by atoms with van der Waals surface area (Å²) >= 11 is 0. The van der Waals surface area contributed by atoms with Crippen molar-refractivity contribution in [3.8, 4) is 11.1 Å². The van der Waals surface area contributed by atoms with Crippen molar-refractivity contribution in [3.63, 3.8) is 0 Å². The fraction of sp³-hybridized carbons (Fsp3) is 0.263. The van der Waals surface area contributed by atoms with Crippen LogP contribution < -0.4 is 0 Å². The summed E-state index contributed by atoms with van der Waals surface area (Å²) in [5, 5.41) is 0. The Morgan fingerprint density at radius 3 is 2.62 bits per heavy atom. The van der Waals surface area contributed by atoms with Gasteiger partial charge in [-0.25, -0.2) is 11.1 Å². The fourth-order valence-corrected chi connectivity index (χ4v) is 3.27. The Balaban J connectivity index is 0.00000132. The van der Waals surface area contributed by atoms with Crippen molar-refractivity contribution in [1.82, 2.24) is 4.90 Å². The molecule has 0 spiro atoms. The predicted molar refractivity (Wildman–Crippen MR) is 81.0 cm³/mol. The molecule has 0 aliphatic carbocycles. The Morgan fingerprint density at radius 1 is 1.10 bits per heavy atom. The van der Waals surface area contributed by atoms with E-state index in [0.29, 0.717) is 0 Å². The Hall–Kier alpha value is -0.916. The summed E-state index contributed by atoms with van der Waals surface area (Å²) in [6, 6.07) is 21.2. The van der Waals surface area contributed by atoms with E-state index in [9.17, 15) is 0 Å². The summed E-state index contributed by atoms with van der Waals surface area (Å²) in [6.07, 6.45) is 4.79. The number of fused-ring (bicyclic) bond motifs is 2. The van der Waals surface area contributed by atoms with Crippen molar-refractivity contribution in [2.75, 3.05) is 13.1 Å². The third-order valence-electron chi connectivity index (χ3n) is 4.38. The van der Waals surface area contributed by atoms with E-state index in [1.165, 1.54) is 25.1 Å². The van der Waals surface area contributed by atoms with Gasteiger partial charge in [0.1, 0.15) is 0 Å². The van der Waals surface area contributed by atoms with Crippen LogP contribution in [0.1, 0.15) is 12.0 Å². The average Bonchev–Trinajstić information content (AvgIpc) is 3.12. The Labute approximate surface area is 151 Å². The number of rotatable bonds is 3. The second-order valence-electron chi connectivity index (χ2n) is 5.75. The Bertz CT molecular complexity index is 630. The zero-order valence-electron chi connectivity index (χ0n) is 12.0. The van der Waals surface area contributed by atoms with Crippen LogP contribution in [0.15, 0.2) is 54.2 Å². The third kappa shape index (κ3) is 3.14. The number of hydrogen-bond acceptors (Lipinski definition) is 1. The molecule has 0 N–H and O–H groups in total. The zero-order valence-corrected chi connectivity index (χ0v) is 14.9. The molecule has 2 aliphatic heterocycles. The third-order valence-corrected chi connectivity index (χ3v) is 4.38. The maximum Gasteiger partial charge on any atom is 0.0239 e. The molecule has 1 fully saturated rings. The second kappa shape index (κ2) is 6.46. The minimum Gasteiger partial charge on any atom is -0.377 e. The topological polar surface area (TPSA) is 3.24 Å². The second-order valence-corrected chi connectivity index (χ2v) is 5.75. The molecule has 0 amide bonds. The minimum absolute atomic E-state index is 0. The van der Waals surface area contributed by atoms with Crippen LogP contribution in [0.3, 0.4) is 0 Å². The number of benzene rings is 2. The van der Waals surface area contributed by atoms with Crippen LogP contribution in [-0.4, -0.2) is 18.0 Å². The molecule has 2 aromatic rings. The van der Waals surface area contributed by atoms with Crippen molar-refractivity contribution >= 4 is 0 Å². The first-order valence-electron chi connectivity index (χ1n) is 7.31. The molecule has 21 heavy (non-hydrogen) atoms. The summed E-state index contributed by atoms with van der Waals surface area (Å²) in [7, 11) is 0. The first-order chi connectivity index (χ1) is 9.88. The molecule has 2 heteroatoms. The van der Waals surface area contributed by atoms with Gasteiger partial charge in [0, 0.05) is 51.7 Å². The monoisotopic (exact) mass is 348 g/mol. The Kier molecular flexibility index (Phi) is 4.61. The fourth-order valence-electron chi connectivity index (χ4n) is 3.27. The van der Waals surface area contributed by atoms with E-state index in [1.807, 2.05) is 18.2 Å².